The van der Waals surface area contributed by atoms with E-state index in [0.717, 1.165) is 4.48 Å². The smallest absolute Gasteiger partial charge is 0.0800 e. The summed E-state index contributed by atoms with van der Waals surface area (Å²) in [7, 11) is 6.60. The first-order valence-corrected chi connectivity index (χ1v) is 4.84. The molecule has 0 aliphatic carbocycles. The van der Waals surface area contributed by atoms with Gasteiger partial charge in [-0.3, -0.25) is 0 Å². The molecule has 12 heavy (non-hydrogen) atoms. The Morgan fingerprint density at radius 2 is 1.75 bits per heavy atom. The van der Waals surface area contributed by atoms with Crippen LogP contribution in [0.3, 0.4) is 0 Å². The zero-order chi connectivity index (χ0) is 9.83. The van der Waals surface area contributed by atoms with Crippen LogP contribution in [0.5, 0.6) is 0 Å². The predicted octanol–water partition coefficient (Wildman–Crippen LogP) is 1.47. The van der Waals surface area contributed by atoms with E-state index in [-0.39, 0.29) is 5.54 Å². The Kier molecular flexibility index (Phi) is 4.21. The molecule has 0 spiro atoms. The molecule has 1 N–H and O–H groups in total. The Morgan fingerprint density at radius 3 is 2.08 bits per heavy atom. The zero-order valence-corrected chi connectivity index (χ0v) is 9.57. The van der Waals surface area contributed by atoms with E-state index in [1.807, 2.05) is 7.05 Å². The minimum absolute atomic E-state index is 0.282. The van der Waals surface area contributed by atoms with Crippen molar-refractivity contribution in [3.8, 4) is 0 Å². The van der Waals surface area contributed by atoms with Crippen molar-refractivity contribution in [1.29, 1.82) is 0 Å². The van der Waals surface area contributed by atoms with Crippen molar-refractivity contribution in [2.24, 2.45) is 0 Å². The van der Waals surface area contributed by atoms with Gasteiger partial charge in [0.15, 0.2) is 0 Å². The predicted molar refractivity (Wildman–Crippen MR) is 55.3 cm³/mol. The molecule has 0 fully saturated rings. The van der Waals surface area contributed by atoms with Gasteiger partial charge in [0.25, 0.3) is 0 Å². The average Bonchev–Trinajstić information content (AvgIpc) is 2.02. The van der Waals surface area contributed by atoms with Crippen molar-refractivity contribution < 1.29 is 4.48 Å². The number of rotatable bonds is 5. The second-order valence-electron chi connectivity index (χ2n) is 4.86. The van der Waals surface area contributed by atoms with Gasteiger partial charge in [-0.05, 0) is 27.8 Å². The zero-order valence-electron chi connectivity index (χ0n) is 9.57. The summed E-state index contributed by atoms with van der Waals surface area (Å²) in [6.07, 6.45) is 1.23. The van der Waals surface area contributed by atoms with E-state index in [1.165, 1.54) is 19.5 Å². The van der Waals surface area contributed by atoms with Crippen molar-refractivity contribution in [1.82, 2.24) is 5.32 Å². The lowest BCUT2D eigenvalue weighted by molar-refractivity contribution is -0.889. The van der Waals surface area contributed by atoms with Crippen LogP contribution in [0, 0.1) is 0 Å². The highest BCUT2D eigenvalue weighted by Gasteiger charge is 2.20. The van der Waals surface area contributed by atoms with Crippen LogP contribution in [-0.2, 0) is 0 Å². The maximum Gasteiger partial charge on any atom is 0.0800 e. The number of hydrogen-bond acceptors (Lipinski definition) is 1. The van der Waals surface area contributed by atoms with E-state index in [9.17, 15) is 0 Å². The van der Waals surface area contributed by atoms with E-state index in [4.69, 9.17) is 0 Å². The summed E-state index contributed by atoms with van der Waals surface area (Å²) in [6.45, 7) is 9.20. The summed E-state index contributed by atoms with van der Waals surface area (Å²) in [6, 6.07) is 0. The fourth-order valence-electron chi connectivity index (χ4n) is 0.865. The molecule has 2 nitrogen and oxygen atoms in total. The Hall–Kier alpha value is -0.0800. The minimum atomic E-state index is 0.282. The van der Waals surface area contributed by atoms with E-state index in [2.05, 4.69) is 40.2 Å². The maximum atomic E-state index is 3.33. The molecule has 2 heteroatoms. The Balaban J connectivity index is 3.82. The van der Waals surface area contributed by atoms with Crippen LogP contribution in [-0.4, -0.2) is 44.3 Å². The van der Waals surface area contributed by atoms with Gasteiger partial charge in [0.05, 0.1) is 27.2 Å². The van der Waals surface area contributed by atoms with Gasteiger partial charge in [-0.15, -0.1) is 0 Å². The second kappa shape index (κ2) is 4.24. The molecule has 0 saturated carbocycles. The van der Waals surface area contributed by atoms with Crippen molar-refractivity contribution in [2.75, 3.05) is 34.2 Å². The molecule has 0 aliphatic heterocycles. The molecule has 0 aromatic rings. The lowest BCUT2D eigenvalue weighted by Crippen LogP contribution is -2.46. The largest absolute Gasteiger partial charge is 0.329 e. The normalized spacial score (nSPS) is 13.5. The van der Waals surface area contributed by atoms with E-state index in [0.29, 0.717) is 0 Å². The second-order valence-corrected chi connectivity index (χ2v) is 4.86. The molecule has 0 amide bonds. The van der Waals surface area contributed by atoms with Crippen LogP contribution in [0.15, 0.2) is 0 Å². The summed E-state index contributed by atoms with van der Waals surface area (Å²) < 4.78 is 1.12. The number of quaternary nitrogens is 1. The van der Waals surface area contributed by atoms with Crippen LogP contribution >= 0.6 is 0 Å². The molecule has 0 atom stereocenters. The van der Waals surface area contributed by atoms with E-state index in [1.54, 1.807) is 0 Å². The lowest BCUT2D eigenvalue weighted by Gasteiger charge is -2.32. The van der Waals surface area contributed by atoms with Crippen LogP contribution in [0.25, 0.3) is 0 Å². The highest BCUT2D eigenvalue weighted by molar-refractivity contribution is 4.74. The molecular formula is C10H25N2+. The summed E-state index contributed by atoms with van der Waals surface area (Å²) in [4.78, 5) is 0. The quantitative estimate of drug-likeness (QED) is 0.621. The van der Waals surface area contributed by atoms with Crippen LogP contribution in [0.4, 0.5) is 0 Å². The number of nitrogens with one attached hydrogen (secondary N) is 1. The van der Waals surface area contributed by atoms with Crippen molar-refractivity contribution in [3.63, 3.8) is 0 Å². The minimum Gasteiger partial charge on any atom is -0.329 e. The highest BCUT2D eigenvalue weighted by atomic mass is 15.3. The first-order valence-electron chi connectivity index (χ1n) is 4.84. The molecule has 0 saturated heterocycles. The standard InChI is InChI=1S/C10H25N2/c1-7-12(5,6)9-8-10(2,3)11-4/h11H,7-9H2,1-6H3/q+1. The molecule has 0 bridgehead atoms. The van der Waals surface area contributed by atoms with Gasteiger partial charge in [-0.2, -0.15) is 0 Å². The topological polar surface area (TPSA) is 12.0 Å². The number of nitrogens with zero attached hydrogens (tertiary/aromatic N) is 1. The van der Waals surface area contributed by atoms with Crippen molar-refractivity contribution in [2.45, 2.75) is 32.7 Å². The SMILES string of the molecule is CC[N+](C)(C)CCC(C)(C)NC. The monoisotopic (exact) mass is 173 g/mol. The highest BCUT2D eigenvalue weighted by Crippen LogP contribution is 2.10. The van der Waals surface area contributed by atoms with E-state index < -0.39 is 0 Å². The molecule has 0 unspecified atom stereocenters. The summed E-state index contributed by atoms with van der Waals surface area (Å²) in [5.74, 6) is 0. The molecule has 0 aromatic heterocycles. The fraction of sp³-hybridized carbons (Fsp3) is 1.00. The van der Waals surface area contributed by atoms with Gasteiger partial charge < -0.3 is 9.80 Å². The average molecular weight is 173 g/mol. The first-order chi connectivity index (χ1) is 5.33. The summed E-state index contributed by atoms with van der Waals surface area (Å²) >= 11 is 0. The van der Waals surface area contributed by atoms with Gasteiger partial charge in [0.1, 0.15) is 0 Å². The van der Waals surface area contributed by atoms with Crippen LogP contribution in [0.1, 0.15) is 27.2 Å². The molecular weight excluding hydrogens is 148 g/mol. The number of hydrogen-bond donors (Lipinski definition) is 1. The van der Waals surface area contributed by atoms with Crippen molar-refractivity contribution >= 4 is 0 Å². The third-order valence-corrected chi connectivity index (χ3v) is 2.87. The van der Waals surface area contributed by atoms with Gasteiger partial charge in [0, 0.05) is 12.0 Å². The third-order valence-electron chi connectivity index (χ3n) is 2.87. The van der Waals surface area contributed by atoms with Gasteiger partial charge in [0.2, 0.25) is 0 Å². The van der Waals surface area contributed by atoms with Gasteiger partial charge in [-0.1, -0.05) is 0 Å². The molecule has 74 valence electrons. The molecule has 0 rings (SSSR count). The Morgan fingerprint density at radius 1 is 1.25 bits per heavy atom. The summed E-state index contributed by atoms with van der Waals surface area (Å²) in [5, 5.41) is 3.33. The van der Waals surface area contributed by atoms with Gasteiger partial charge in [-0.25, -0.2) is 0 Å². The van der Waals surface area contributed by atoms with Crippen LogP contribution in [0.2, 0.25) is 0 Å². The van der Waals surface area contributed by atoms with Crippen LogP contribution < -0.4 is 5.32 Å². The first kappa shape index (κ1) is 11.9. The third kappa shape index (κ3) is 4.73. The van der Waals surface area contributed by atoms with Gasteiger partial charge >= 0.3 is 0 Å². The van der Waals surface area contributed by atoms with E-state index >= 15 is 0 Å². The van der Waals surface area contributed by atoms with Crippen molar-refractivity contribution in [3.05, 3.63) is 0 Å². The molecule has 0 radical (unpaired) electrons. The lowest BCUT2D eigenvalue weighted by atomic mass is 10.0. The Labute approximate surface area is 77.5 Å². The summed E-state index contributed by atoms with van der Waals surface area (Å²) in [5.41, 5.74) is 0.282. The molecule has 0 aromatic carbocycles. The fourth-order valence-corrected chi connectivity index (χ4v) is 0.865. The molecule has 0 heterocycles. The molecule has 0 aliphatic rings. The Bertz CT molecular complexity index is 112. The maximum absolute atomic E-state index is 3.33.